The molecule has 1 N–H and O–H groups in total. The number of carbonyl (C=O) groups excluding carboxylic acids is 2. The number of ether oxygens (including phenoxy) is 3. The molecule has 0 unspecified atom stereocenters. The van der Waals surface area contributed by atoms with Gasteiger partial charge in [-0.05, 0) is 67.4 Å². The van der Waals surface area contributed by atoms with Crippen LogP contribution in [0.4, 0.5) is 10.5 Å². The Morgan fingerprint density at radius 3 is 2.69 bits per heavy atom. The number of halogens is 1. The van der Waals surface area contributed by atoms with Gasteiger partial charge in [0.2, 0.25) is 5.88 Å². The topological polar surface area (TPSA) is 90.0 Å². The molecule has 1 aliphatic rings. The number of nitrogens with one attached hydrogen (secondary N) is 1. The summed E-state index contributed by atoms with van der Waals surface area (Å²) >= 11 is 3.52. The number of nitrogens with zero attached hydrogens (tertiary/aromatic N) is 2. The van der Waals surface area contributed by atoms with Crippen molar-refractivity contribution < 1.29 is 23.8 Å². The number of hydrogen-bond donors (Lipinski definition) is 1. The third-order valence-corrected chi connectivity index (χ3v) is 5.28. The van der Waals surface area contributed by atoms with Crippen molar-refractivity contribution in [3.63, 3.8) is 0 Å². The number of aromatic nitrogens is 1. The summed E-state index contributed by atoms with van der Waals surface area (Å²) < 4.78 is 17.4. The Hall–Kier alpha value is -2.65. The molecule has 9 heteroatoms. The van der Waals surface area contributed by atoms with Crippen LogP contribution in [0.15, 0.2) is 41.0 Å². The molecule has 1 fully saturated rings. The van der Waals surface area contributed by atoms with Crippen LogP contribution < -0.4 is 10.1 Å². The van der Waals surface area contributed by atoms with Crippen molar-refractivity contribution in [1.29, 1.82) is 0 Å². The van der Waals surface area contributed by atoms with E-state index in [0.717, 1.165) is 5.56 Å². The first-order valence-electron chi connectivity index (χ1n) is 10.5. The van der Waals surface area contributed by atoms with E-state index >= 15 is 0 Å². The zero-order valence-corrected chi connectivity index (χ0v) is 20.3. The van der Waals surface area contributed by atoms with Gasteiger partial charge in [-0.3, -0.25) is 4.79 Å². The van der Waals surface area contributed by atoms with Crippen LogP contribution in [0.25, 0.3) is 0 Å². The van der Waals surface area contributed by atoms with Crippen molar-refractivity contribution >= 4 is 33.6 Å². The number of benzene rings is 1. The summed E-state index contributed by atoms with van der Waals surface area (Å²) in [7, 11) is 0. The number of hydrogen-bond acceptors (Lipinski definition) is 6. The van der Waals surface area contributed by atoms with Crippen LogP contribution >= 0.6 is 15.9 Å². The van der Waals surface area contributed by atoms with E-state index in [4.69, 9.17) is 14.2 Å². The summed E-state index contributed by atoms with van der Waals surface area (Å²) in [6.45, 7) is 9.21. The van der Waals surface area contributed by atoms with Gasteiger partial charge >= 0.3 is 6.09 Å². The third kappa shape index (κ3) is 6.43. The minimum Gasteiger partial charge on any atom is -0.478 e. The van der Waals surface area contributed by atoms with E-state index in [0.29, 0.717) is 47.9 Å². The van der Waals surface area contributed by atoms with Crippen LogP contribution in [0.3, 0.4) is 0 Å². The zero-order chi connectivity index (χ0) is 23.3. The first kappa shape index (κ1) is 24.0. The molecule has 0 spiro atoms. The van der Waals surface area contributed by atoms with Gasteiger partial charge in [0.25, 0.3) is 5.91 Å². The van der Waals surface area contributed by atoms with Gasteiger partial charge in [-0.25, -0.2) is 9.78 Å². The molecule has 2 amide bonds. The number of anilines is 1. The minimum atomic E-state index is -0.549. The van der Waals surface area contributed by atoms with Crippen molar-refractivity contribution in [2.45, 2.75) is 39.4 Å². The quantitative estimate of drug-likeness (QED) is 0.627. The second kappa shape index (κ2) is 10.3. The SMILES string of the molecule is CCOc1ccc(C(=O)Nc2ccc([C@@H]3CN(C(=O)OC(C)(C)C)CCO3)cc2Br)cn1. The molecule has 8 nitrogen and oxygen atoms in total. The lowest BCUT2D eigenvalue weighted by Crippen LogP contribution is -2.44. The van der Waals surface area contributed by atoms with Crippen LogP contribution in [0.5, 0.6) is 5.88 Å². The number of carbonyl (C=O) groups is 2. The third-order valence-electron chi connectivity index (χ3n) is 4.62. The number of rotatable bonds is 5. The Labute approximate surface area is 196 Å². The van der Waals surface area contributed by atoms with Crippen molar-refractivity contribution in [2.24, 2.45) is 0 Å². The molecule has 172 valence electrons. The summed E-state index contributed by atoms with van der Waals surface area (Å²) in [6.07, 6.45) is 0.842. The average molecular weight is 506 g/mol. The summed E-state index contributed by atoms with van der Waals surface area (Å²) in [5.74, 6) is 0.196. The van der Waals surface area contributed by atoms with E-state index in [2.05, 4.69) is 26.2 Å². The molecule has 1 atom stereocenters. The maximum Gasteiger partial charge on any atom is 0.410 e. The molecule has 0 saturated carbocycles. The molecule has 1 aromatic carbocycles. The Balaban J connectivity index is 1.65. The van der Waals surface area contributed by atoms with Crippen LogP contribution in [0.2, 0.25) is 0 Å². The van der Waals surface area contributed by atoms with E-state index < -0.39 is 5.60 Å². The molecule has 0 radical (unpaired) electrons. The highest BCUT2D eigenvalue weighted by Crippen LogP contribution is 2.30. The second-order valence-electron chi connectivity index (χ2n) is 8.30. The fraction of sp³-hybridized carbons (Fsp3) is 0.435. The normalized spacial score (nSPS) is 16.4. The molecule has 2 heterocycles. The minimum absolute atomic E-state index is 0.279. The monoisotopic (exact) mass is 505 g/mol. The fourth-order valence-corrected chi connectivity index (χ4v) is 3.61. The second-order valence-corrected chi connectivity index (χ2v) is 9.15. The first-order valence-corrected chi connectivity index (χ1v) is 11.2. The molecule has 0 aliphatic carbocycles. The zero-order valence-electron chi connectivity index (χ0n) is 18.7. The maximum atomic E-state index is 12.6. The van der Waals surface area contributed by atoms with Gasteiger partial charge in [0.05, 0.1) is 31.0 Å². The smallest absolute Gasteiger partial charge is 0.410 e. The highest BCUT2D eigenvalue weighted by Gasteiger charge is 2.29. The van der Waals surface area contributed by atoms with E-state index in [-0.39, 0.29) is 18.1 Å². The molecule has 3 rings (SSSR count). The van der Waals surface area contributed by atoms with E-state index in [9.17, 15) is 9.59 Å². The number of pyridine rings is 1. The standard InChI is InChI=1S/C23H28BrN3O5/c1-5-30-20-9-7-16(13-25-20)21(28)26-18-8-6-15(12-17(18)24)19-14-27(10-11-31-19)22(29)32-23(2,3)4/h6-9,12-13,19H,5,10-11,14H2,1-4H3,(H,26,28)/t19-/m0/s1. The van der Waals surface area contributed by atoms with E-state index in [1.54, 1.807) is 23.1 Å². The van der Waals surface area contributed by atoms with Crippen LogP contribution in [-0.4, -0.2) is 53.8 Å². The Morgan fingerprint density at radius 2 is 2.06 bits per heavy atom. The van der Waals surface area contributed by atoms with Gasteiger partial charge in [-0.1, -0.05) is 6.07 Å². The number of morpholine rings is 1. The molecule has 0 bridgehead atoms. The lowest BCUT2D eigenvalue weighted by Gasteiger charge is -2.34. The molecule has 1 saturated heterocycles. The van der Waals surface area contributed by atoms with Gasteiger partial charge in [0.1, 0.15) is 11.7 Å². The van der Waals surface area contributed by atoms with Crippen molar-refractivity contribution in [1.82, 2.24) is 9.88 Å². The summed E-state index contributed by atoms with van der Waals surface area (Å²) in [5, 5.41) is 2.87. The summed E-state index contributed by atoms with van der Waals surface area (Å²) in [6, 6.07) is 8.88. The Kier molecular flexibility index (Phi) is 7.73. The maximum absolute atomic E-state index is 12.6. The average Bonchev–Trinajstić information content (AvgIpc) is 2.75. The summed E-state index contributed by atoms with van der Waals surface area (Å²) in [5.41, 5.74) is 1.39. The van der Waals surface area contributed by atoms with E-state index in [1.807, 2.05) is 39.8 Å². The molecule has 1 aromatic heterocycles. The molecule has 2 aromatic rings. The van der Waals surface area contributed by atoms with Gasteiger partial charge < -0.3 is 24.4 Å². The predicted molar refractivity (Wildman–Crippen MR) is 124 cm³/mol. The van der Waals surface area contributed by atoms with Crippen LogP contribution in [0, 0.1) is 0 Å². The van der Waals surface area contributed by atoms with Crippen LogP contribution in [-0.2, 0) is 9.47 Å². The van der Waals surface area contributed by atoms with Gasteiger partial charge in [-0.2, -0.15) is 0 Å². The van der Waals surface area contributed by atoms with Crippen LogP contribution in [0.1, 0.15) is 49.7 Å². The Bertz CT molecular complexity index is 959. The Morgan fingerprint density at radius 1 is 1.28 bits per heavy atom. The lowest BCUT2D eigenvalue weighted by atomic mass is 10.1. The van der Waals surface area contributed by atoms with Gasteiger partial charge in [0, 0.05) is 23.3 Å². The van der Waals surface area contributed by atoms with Crippen molar-refractivity contribution in [3.05, 3.63) is 52.1 Å². The fourth-order valence-electron chi connectivity index (χ4n) is 3.12. The highest BCUT2D eigenvalue weighted by atomic mass is 79.9. The molecule has 32 heavy (non-hydrogen) atoms. The van der Waals surface area contributed by atoms with E-state index in [1.165, 1.54) is 6.20 Å². The van der Waals surface area contributed by atoms with Crippen molar-refractivity contribution in [3.8, 4) is 5.88 Å². The predicted octanol–water partition coefficient (Wildman–Crippen LogP) is 4.80. The summed E-state index contributed by atoms with van der Waals surface area (Å²) in [4.78, 5) is 30.7. The lowest BCUT2D eigenvalue weighted by molar-refractivity contribution is -0.0433. The molecule has 1 aliphatic heterocycles. The van der Waals surface area contributed by atoms with Crippen molar-refractivity contribution in [2.75, 3.05) is 31.6 Å². The molecular formula is C23H28BrN3O5. The van der Waals surface area contributed by atoms with Gasteiger partial charge in [0.15, 0.2) is 0 Å². The molecular weight excluding hydrogens is 478 g/mol. The highest BCUT2D eigenvalue weighted by molar-refractivity contribution is 9.10. The van der Waals surface area contributed by atoms with Gasteiger partial charge in [-0.15, -0.1) is 0 Å². The number of amides is 2. The largest absolute Gasteiger partial charge is 0.478 e. The first-order chi connectivity index (χ1) is 15.2.